The Kier molecular flexibility index (Phi) is 2.90. The van der Waals surface area contributed by atoms with Gasteiger partial charge in [0, 0.05) is 31.2 Å². The molecular weight excluding hydrogens is 200 g/mol. The molecule has 0 aromatic carbocycles. The van der Waals surface area contributed by atoms with Crippen molar-refractivity contribution in [2.24, 2.45) is 7.05 Å². The van der Waals surface area contributed by atoms with Gasteiger partial charge in [0.05, 0.1) is 17.9 Å². The molecule has 1 atom stereocenters. The van der Waals surface area contributed by atoms with Crippen LogP contribution < -0.4 is 5.32 Å². The van der Waals surface area contributed by atoms with Crippen LogP contribution in [0.2, 0.25) is 0 Å². The highest BCUT2D eigenvalue weighted by atomic mass is 15.2. The molecule has 0 bridgehead atoms. The van der Waals surface area contributed by atoms with Gasteiger partial charge < -0.3 is 5.32 Å². The molecule has 0 aliphatic carbocycles. The molecule has 0 saturated heterocycles. The zero-order valence-electron chi connectivity index (χ0n) is 9.81. The van der Waals surface area contributed by atoms with E-state index in [4.69, 9.17) is 0 Å². The number of hydrogen-bond acceptors (Lipinski definition) is 3. The average molecular weight is 216 g/mol. The summed E-state index contributed by atoms with van der Waals surface area (Å²) < 4.78 is 1.81. The van der Waals surface area contributed by atoms with Crippen LogP contribution in [0.15, 0.2) is 30.9 Å². The van der Waals surface area contributed by atoms with Crippen LogP contribution in [-0.4, -0.2) is 14.8 Å². The zero-order chi connectivity index (χ0) is 11.5. The Labute approximate surface area is 95.3 Å². The van der Waals surface area contributed by atoms with Crippen LogP contribution in [0.5, 0.6) is 0 Å². The summed E-state index contributed by atoms with van der Waals surface area (Å²) in [4.78, 5) is 4.15. The maximum Gasteiger partial charge on any atom is 0.0542 e. The SMILES string of the molecule is Cc1cncc(NC(C)c2cnn(C)c2)c1. The number of nitrogens with zero attached hydrogens (tertiary/aromatic N) is 3. The first-order chi connectivity index (χ1) is 7.65. The Hall–Kier alpha value is -1.84. The highest BCUT2D eigenvalue weighted by Gasteiger charge is 2.07. The lowest BCUT2D eigenvalue weighted by Gasteiger charge is -2.13. The Balaban J connectivity index is 2.10. The topological polar surface area (TPSA) is 42.7 Å². The number of nitrogens with one attached hydrogen (secondary N) is 1. The molecule has 2 aromatic rings. The van der Waals surface area contributed by atoms with E-state index in [2.05, 4.69) is 28.4 Å². The third kappa shape index (κ3) is 2.39. The lowest BCUT2D eigenvalue weighted by atomic mass is 10.2. The Morgan fingerprint density at radius 3 is 2.75 bits per heavy atom. The van der Waals surface area contributed by atoms with E-state index in [-0.39, 0.29) is 6.04 Å². The lowest BCUT2D eigenvalue weighted by Crippen LogP contribution is -2.06. The maximum atomic E-state index is 4.16. The average Bonchev–Trinajstić information content (AvgIpc) is 2.65. The van der Waals surface area contributed by atoms with E-state index < -0.39 is 0 Å². The van der Waals surface area contributed by atoms with Crippen LogP contribution >= 0.6 is 0 Å². The Morgan fingerprint density at radius 1 is 1.31 bits per heavy atom. The van der Waals surface area contributed by atoms with E-state index in [1.165, 1.54) is 5.56 Å². The van der Waals surface area contributed by atoms with Crippen LogP contribution in [0.1, 0.15) is 24.1 Å². The van der Waals surface area contributed by atoms with E-state index >= 15 is 0 Å². The van der Waals surface area contributed by atoms with E-state index in [0.717, 1.165) is 11.3 Å². The molecule has 0 aliphatic rings. The number of pyridine rings is 1. The molecule has 84 valence electrons. The van der Waals surface area contributed by atoms with Gasteiger partial charge in [-0.15, -0.1) is 0 Å². The van der Waals surface area contributed by atoms with Gasteiger partial charge in [-0.1, -0.05) is 0 Å². The molecule has 2 aromatic heterocycles. The standard InChI is InChI=1S/C12H16N4/c1-9-4-12(7-13-5-9)15-10(2)11-6-14-16(3)8-11/h4-8,10,15H,1-3H3. The summed E-state index contributed by atoms with van der Waals surface area (Å²) in [5, 5.41) is 7.55. The third-order valence-electron chi connectivity index (χ3n) is 2.48. The number of anilines is 1. The molecular formula is C12H16N4. The van der Waals surface area contributed by atoms with Gasteiger partial charge in [0.2, 0.25) is 0 Å². The monoisotopic (exact) mass is 216 g/mol. The number of hydrogen-bond donors (Lipinski definition) is 1. The van der Waals surface area contributed by atoms with E-state index in [0.29, 0.717) is 0 Å². The van der Waals surface area contributed by atoms with Crippen molar-refractivity contribution in [3.05, 3.63) is 42.0 Å². The second-order valence-electron chi connectivity index (χ2n) is 4.06. The smallest absolute Gasteiger partial charge is 0.0542 e. The molecule has 1 N–H and O–H groups in total. The minimum atomic E-state index is 0.234. The van der Waals surface area contributed by atoms with Gasteiger partial charge in [-0.2, -0.15) is 5.10 Å². The summed E-state index contributed by atoms with van der Waals surface area (Å²) in [5.74, 6) is 0. The Morgan fingerprint density at radius 2 is 2.12 bits per heavy atom. The predicted octanol–water partition coefficient (Wildman–Crippen LogP) is 2.30. The number of aromatic nitrogens is 3. The van der Waals surface area contributed by atoms with Crippen LogP contribution in [-0.2, 0) is 7.05 Å². The number of aryl methyl sites for hydroxylation is 2. The molecule has 0 saturated carbocycles. The summed E-state index contributed by atoms with van der Waals surface area (Å²) in [7, 11) is 1.92. The lowest BCUT2D eigenvalue weighted by molar-refractivity contribution is 0.765. The number of rotatable bonds is 3. The van der Waals surface area contributed by atoms with Gasteiger partial charge >= 0.3 is 0 Å². The molecule has 0 spiro atoms. The van der Waals surface area contributed by atoms with Crippen molar-refractivity contribution in [3.8, 4) is 0 Å². The van der Waals surface area contributed by atoms with Gasteiger partial charge in [0.15, 0.2) is 0 Å². The fourth-order valence-electron chi connectivity index (χ4n) is 1.63. The van der Waals surface area contributed by atoms with Crippen molar-refractivity contribution in [2.45, 2.75) is 19.9 Å². The van der Waals surface area contributed by atoms with Gasteiger partial charge in [0.1, 0.15) is 0 Å². The molecule has 1 unspecified atom stereocenters. The summed E-state index contributed by atoms with van der Waals surface area (Å²) in [6, 6.07) is 2.32. The second kappa shape index (κ2) is 4.35. The van der Waals surface area contributed by atoms with Crippen LogP contribution in [0.25, 0.3) is 0 Å². The molecule has 2 rings (SSSR count). The van der Waals surface area contributed by atoms with Gasteiger partial charge in [0.25, 0.3) is 0 Å². The third-order valence-corrected chi connectivity index (χ3v) is 2.48. The van der Waals surface area contributed by atoms with Crippen molar-refractivity contribution in [1.29, 1.82) is 0 Å². The van der Waals surface area contributed by atoms with Gasteiger partial charge in [-0.05, 0) is 25.5 Å². The van der Waals surface area contributed by atoms with Crippen molar-refractivity contribution in [2.75, 3.05) is 5.32 Å². The summed E-state index contributed by atoms with van der Waals surface area (Å²) in [5.41, 5.74) is 3.36. The van der Waals surface area contributed by atoms with Gasteiger partial charge in [-0.3, -0.25) is 9.67 Å². The Bertz CT molecular complexity index is 475. The molecule has 0 fully saturated rings. The van der Waals surface area contributed by atoms with E-state index in [1.807, 2.05) is 43.4 Å². The molecule has 2 heterocycles. The predicted molar refractivity (Wildman–Crippen MR) is 64.2 cm³/mol. The highest BCUT2D eigenvalue weighted by Crippen LogP contribution is 2.18. The molecule has 4 heteroatoms. The molecule has 0 aliphatic heterocycles. The summed E-state index contributed by atoms with van der Waals surface area (Å²) in [6.45, 7) is 4.15. The highest BCUT2D eigenvalue weighted by molar-refractivity contribution is 5.44. The van der Waals surface area contributed by atoms with Crippen molar-refractivity contribution in [3.63, 3.8) is 0 Å². The fourth-order valence-corrected chi connectivity index (χ4v) is 1.63. The first-order valence-corrected chi connectivity index (χ1v) is 5.32. The maximum absolute atomic E-state index is 4.16. The fraction of sp³-hybridized carbons (Fsp3) is 0.333. The second-order valence-corrected chi connectivity index (χ2v) is 4.06. The molecule has 0 radical (unpaired) electrons. The van der Waals surface area contributed by atoms with Crippen molar-refractivity contribution >= 4 is 5.69 Å². The normalized spacial score (nSPS) is 12.4. The largest absolute Gasteiger partial charge is 0.377 e. The first kappa shape index (κ1) is 10.7. The summed E-state index contributed by atoms with van der Waals surface area (Å²) in [6.07, 6.45) is 7.57. The molecule has 0 amide bonds. The zero-order valence-corrected chi connectivity index (χ0v) is 9.81. The minimum Gasteiger partial charge on any atom is -0.377 e. The van der Waals surface area contributed by atoms with Crippen molar-refractivity contribution in [1.82, 2.24) is 14.8 Å². The van der Waals surface area contributed by atoms with Crippen LogP contribution in [0, 0.1) is 6.92 Å². The molecule has 4 nitrogen and oxygen atoms in total. The first-order valence-electron chi connectivity index (χ1n) is 5.32. The van der Waals surface area contributed by atoms with Gasteiger partial charge in [-0.25, -0.2) is 0 Å². The minimum absolute atomic E-state index is 0.234. The quantitative estimate of drug-likeness (QED) is 0.856. The van der Waals surface area contributed by atoms with E-state index in [9.17, 15) is 0 Å². The van der Waals surface area contributed by atoms with E-state index in [1.54, 1.807) is 0 Å². The van der Waals surface area contributed by atoms with Crippen LogP contribution in [0.4, 0.5) is 5.69 Å². The van der Waals surface area contributed by atoms with Crippen molar-refractivity contribution < 1.29 is 0 Å². The molecule has 16 heavy (non-hydrogen) atoms. The van der Waals surface area contributed by atoms with Crippen LogP contribution in [0.3, 0.4) is 0 Å². The summed E-state index contributed by atoms with van der Waals surface area (Å²) >= 11 is 0.